The van der Waals surface area contributed by atoms with Crippen molar-refractivity contribution in [1.29, 1.82) is 0 Å². The lowest BCUT2D eigenvalue weighted by molar-refractivity contribution is -0.137. The van der Waals surface area contributed by atoms with Crippen LogP contribution in [0.1, 0.15) is 31.7 Å². The lowest BCUT2D eigenvalue weighted by Gasteiger charge is -2.11. The van der Waals surface area contributed by atoms with E-state index in [1.165, 1.54) is 24.3 Å². The first-order valence-corrected chi connectivity index (χ1v) is 9.49. The van der Waals surface area contributed by atoms with Crippen molar-refractivity contribution < 1.29 is 25.8 Å². The van der Waals surface area contributed by atoms with Crippen molar-refractivity contribution >= 4 is 10.1 Å². The molecule has 0 aliphatic rings. The molecule has 2 aromatic rings. The molecule has 0 radical (unpaired) electrons. The average molecular weight is 372 g/mol. The summed E-state index contributed by atoms with van der Waals surface area (Å²) in [5, 5.41) is 0. The smallest absolute Gasteiger partial charge is 0.382 e. The summed E-state index contributed by atoms with van der Waals surface area (Å²) < 4.78 is 67.4. The zero-order valence-electron chi connectivity index (χ0n) is 13.7. The van der Waals surface area contributed by atoms with E-state index in [-0.39, 0.29) is 11.5 Å². The summed E-state index contributed by atoms with van der Waals surface area (Å²) in [6.45, 7) is 1.96. The molecule has 0 aromatic heterocycles. The van der Waals surface area contributed by atoms with Crippen LogP contribution in [0, 0.1) is 0 Å². The average Bonchev–Trinajstić information content (AvgIpc) is 2.54. The third kappa shape index (κ3) is 5.77. The molecule has 0 aliphatic heterocycles. The van der Waals surface area contributed by atoms with E-state index in [1.54, 1.807) is 12.1 Å². The van der Waals surface area contributed by atoms with Gasteiger partial charge in [0, 0.05) is 0 Å². The second-order valence-electron chi connectivity index (χ2n) is 5.66. The molecule has 7 heteroatoms. The molecule has 0 heterocycles. The Kier molecular flexibility index (Phi) is 6.11. The molecule has 0 atom stereocenters. The summed E-state index contributed by atoms with van der Waals surface area (Å²) in [4.78, 5) is 0. The van der Waals surface area contributed by atoms with Gasteiger partial charge < -0.3 is 4.18 Å². The highest BCUT2D eigenvalue weighted by Crippen LogP contribution is 2.33. The van der Waals surface area contributed by atoms with Gasteiger partial charge in [-0.1, -0.05) is 44.0 Å². The molecular weight excluding hydrogens is 353 g/mol. The van der Waals surface area contributed by atoms with Gasteiger partial charge in [-0.15, -0.1) is 0 Å². The Morgan fingerprint density at radius 3 is 2.24 bits per heavy atom. The molecule has 0 aliphatic carbocycles. The fraction of sp³-hybridized carbons (Fsp3) is 0.333. The molecular formula is C18H19F3O3S. The van der Waals surface area contributed by atoms with Crippen molar-refractivity contribution in [3.63, 3.8) is 0 Å². The number of hydrogen-bond donors (Lipinski definition) is 0. The van der Waals surface area contributed by atoms with E-state index in [9.17, 15) is 21.6 Å². The van der Waals surface area contributed by atoms with Crippen molar-refractivity contribution in [2.24, 2.45) is 0 Å². The van der Waals surface area contributed by atoms with Gasteiger partial charge in [-0.25, -0.2) is 0 Å². The molecule has 0 spiro atoms. The van der Waals surface area contributed by atoms with E-state index in [1.807, 2.05) is 6.92 Å². The Morgan fingerprint density at radius 2 is 1.60 bits per heavy atom. The molecule has 0 bridgehead atoms. The molecule has 0 amide bonds. The van der Waals surface area contributed by atoms with Crippen LogP contribution >= 0.6 is 0 Å². The van der Waals surface area contributed by atoms with E-state index >= 15 is 0 Å². The molecule has 3 nitrogen and oxygen atoms in total. The number of rotatable bonds is 7. The van der Waals surface area contributed by atoms with Gasteiger partial charge in [0.2, 0.25) is 0 Å². The lowest BCUT2D eigenvalue weighted by Crippen LogP contribution is -2.13. The second-order valence-corrected chi connectivity index (χ2v) is 7.35. The summed E-state index contributed by atoms with van der Waals surface area (Å²) in [6.07, 6.45) is -2.26. The molecule has 136 valence electrons. The molecule has 2 rings (SSSR count). The maximum atomic E-state index is 12.8. The van der Waals surface area contributed by atoms with Crippen molar-refractivity contribution in [1.82, 2.24) is 0 Å². The first-order chi connectivity index (χ1) is 11.7. The van der Waals surface area contributed by atoms with Gasteiger partial charge in [0.15, 0.2) is 0 Å². The van der Waals surface area contributed by atoms with Gasteiger partial charge in [0.1, 0.15) is 5.75 Å². The van der Waals surface area contributed by atoms with Crippen LogP contribution < -0.4 is 4.18 Å². The van der Waals surface area contributed by atoms with E-state index < -0.39 is 21.9 Å². The summed E-state index contributed by atoms with van der Waals surface area (Å²) in [5.41, 5.74) is 0.0273. The third-order valence-corrected chi connectivity index (χ3v) is 4.81. The van der Waals surface area contributed by atoms with Crippen LogP contribution in [0.25, 0.3) is 11.1 Å². The number of unbranched alkanes of at least 4 members (excludes halogenated alkanes) is 2. The largest absolute Gasteiger partial charge is 0.416 e. The fourth-order valence-corrected chi connectivity index (χ4v) is 3.36. The van der Waals surface area contributed by atoms with Gasteiger partial charge in [0.05, 0.1) is 11.3 Å². The van der Waals surface area contributed by atoms with Crippen LogP contribution in [-0.2, 0) is 16.3 Å². The lowest BCUT2D eigenvalue weighted by atomic mass is 10.0. The highest BCUT2D eigenvalue weighted by molar-refractivity contribution is 7.87. The zero-order valence-corrected chi connectivity index (χ0v) is 14.5. The molecule has 2 aromatic carbocycles. The van der Waals surface area contributed by atoms with Crippen molar-refractivity contribution in [3.05, 3.63) is 54.1 Å². The number of halogens is 3. The number of alkyl halides is 3. The van der Waals surface area contributed by atoms with Gasteiger partial charge in [-0.05, 0) is 41.8 Å². The highest BCUT2D eigenvalue weighted by Gasteiger charge is 2.30. The van der Waals surface area contributed by atoms with Crippen LogP contribution in [-0.4, -0.2) is 14.2 Å². The van der Waals surface area contributed by atoms with Gasteiger partial charge in [-0.2, -0.15) is 21.6 Å². The highest BCUT2D eigenvalue weighted by atomic mass is 32.2. The summed E-state index contributed by atoms with van der Waals surface area (Å²) in [7, 11) is -3.72. The Balaban J connectivity index is 2.22. The number of benzene rings is 2. The monoisotopic (exact) mass is 372 g/mol. The topological polar surface area (TPSA) is 43.4 Å². The first-order valence-electron chi connectivity index (χ1n) is 7.91. The minimum Gasteiger partial charge on any atom is -0.382 e. The van der Waals surface area contributed by atoms with Crippen LogP contribution in [0.5, 0.6) is 5.75 Å². The van der Waals surface area contributed by atoms with Crippen LogP contribution in [0.15, 0.2) is 48.5 Å². The summed E-state index contributed by atoms with van der Waals surface area (Å²) >= 11 is 0. The Morgan fingerprint density at radius 1 is 0.960 bits per heavy atom. The Hall–Kier alpha value is -2.02. The van der Waals surface area contributed by atoms with Crippen LogP contribution in [0.3, 0.4) is 0 Å². The van der Waals surface area contributed by atoms with Gasteiger partial charge in [0.25, 0.3) is 0 Å². The molecule has 0 unspecified atom stereocenters. The molecule has 25 heavy (non-hydrogen) atoms. The van der Waals surface area contributed by atoms with E-state index in [0.29, 0.717) is 17.5 Å². The molecule has 0 N–H and O–H groups in total. The van der Waals surface area contributed by atoms with Crippen molar-refractivity contribution in [2.45, 2.75) is 32.4 Å². The number of hydrogen-bond acceptors (Lipinski definition) is 3. The van der Waals surface area contributed by atoms with Crippen molar-refractivity contribution in [3.8, 4) is 16.9 Å². The van der Waals surface area contributed by atoms with E-state index in [2.05, 4.69) is 0 Å². The van der Waals surface area contributed by atoms with Crippen LogP contribution in [0.2, 0.25) is 0 Å². The minimum atomic E-state index is -4.44. The van der Waals surface area contributed by atoms with E-state index in [4.69, 9.17) is 4.18 Å². The quantitative estimate of drug-likeness (QED) is 0.491. The minimum absolute atomic E-state index is 0.0887. The molecule has 0 saturated carbocycles. The summed E-state index contributed by atoms with van der Waals surface area (Å²) in [6, 6.07) is 10.9. The summed E-state index contributed by atoms with van der Waals surface area (Å²) in [5.74, 6) is 0.000604. The van der Waals surface area contributed by atoms with Crippen molar-refractivity contribution in [2.75, 3.05) is 5.75 Å². The first kappa shape index (κ1) is 19.3. The normalized spacial score (nSPS) is 12.2. The standard InChI is InChI=1S/C18H19F3O3S/c1-2-3-4-11-25(22,23)24-17-10-6-8-15(13-17)14-7-5-9-16(12-14)18(19,20)21/h5-10,12-13H,2-4,11H2,1H3. The molecule has 0 saturated heterocycles. The van der Waals surface area contributed by atoms with E-state index in [0.717, 1.165) is 25.0 Å². The van der Waals surface area contributed by atoms with Gasteiger partial charge in [-0.3, -0.25) is 0 Å². The SMILES string of the molecule is CCCCCS(=O)(=O)Oc1cccc(-c2cccc(C(F)(F)F)c2)c1. The second kappa shape index (κ2) is 7.91. The Labute approximate surface area is 145 Å². The predicted molar refractivity (Wildman–Crippen MR) is 90.8 cm³/mol. The maximum absolute atomic E-state index is 12.8. The predicted octanol–water partition coefficient (Wildman–Crippen LogP) is 5.27. The maximum Gasteiger partial charge on any atom is 0.416 e. The molecule has 0 fully saturated rings. The Bertz CT molecular complexity index is 814. The van der Waals surface area contributed by atoms with Crippen LogP contribution in [0.4, 0.5) is 13.2 Å². The van der Waals surface area contributed by atoms with Gasteiger partial charge >= 0.3 is 16.3 Å². The fourth-order valence-electron chi connectivity index (χ4n) is 2.32. The zero-order chi connectivity index (χ0) is 18.5. The third-order valence-electron chi connectivity index (χ3n) is 3.58.